The molecule has 2 heterocycles. The van der Waals surface area contributed by atoms with E-state index in [1.165, 1.54) is 6.20 Å². The van der Waals surface area contributed by atoms with E-state index in [0.717, 1.165) is 17.9 Å². The van der Waals surface area contributed by atoms with E-state index in [2.05, 4.69) is 42.2 Å². The largest absolute Gasteiger partial charge is 0.478 e. The predicted octanol–water partition coefficient (Wildman–Crippen LogP) is 2.91. The summed E-state index contributed by atoms with van der Waals surface area (Å²) in [6.45, 7) is 8.44. The quantitative estimate of drug-likeness (QED) is 0.918. The highest BCUT2D eigenvalue weighted by Gasteiger charge is 2.16. The molecule has 19 heavy (non-hydrogen) atoms. The fourth-order valence-electron chi connectivity index (χ4n) is 2.20. The Labute approximate surface area is 112 Å². The number of aromatic carboxylic acids is 1. The third kappa shape index (κ3) is 2.59. The molecule has 0 aromatic carbocycles. The van der Waals surface area contributed by atoms with Gasteiger partial charge in [-0.3, -0.25) is 0 Å². The Morgan fingerprint density at radius 3 is 2.58 bits per heavy atom. The number of hydrogen-bond donors (Lipinski definition) is 1. The second-order valence-corrected chi connectivity index (χ2v) is 5.46. The lowest BCUT2D eigenvalue weighted by atomic mass is 10.1. The smallest absolute Gasteiger partial charge is 0.337 e. The second-order valence-electron chi connectivity index (χ2n) is 5.46. The van der Waals surface area contributed by atoms with Gasteiger partial charge in [0.15, 0.2) is 5.65 Å². The van der Waals surface area contributed by atoms with Crippen molar-refractivity contribution in [1.82, 2.24) is 14.5 Å². The molecule has 102 valence electrons. The van der Waals surface area contributed by atoms with Crippen molar-refractivity contribution in [3.8, 4) is 0 Å². The third-order valence-corrected chi connectivity index (χ3v) is 2.96. The maximum Gasteiger partial charge on any atom is 0.337 e. The van der Waals surface area contributed by atoms with Gasteiger partial charge in [-0.05, 0) is 25.8 Å². The van der Waals surface area contributed by atoms with Crippen LogP contribution in [-0.4, -0.2) is 25.6 Å². The van der Waals surface area contributed by atoms with E-state index in [1.807, 2.05) is 0 Å². The van der Waals surface area contributed by atoms with Crippen LogP contribution in [0.1, 0.15) is 49.9 Å². The maximum atomic E-state index is 11.0. The Balaban J connectivity index is 2.62. The van der Waals surface area contributed by atoms with Gasteiger partial charge in [0.25, 0.3) is 0 Å². The van der Waals surface area contributed by atoms with Gasteiger partial charge < -0.3 is 9.67 Å². The van der Waals surface area contributed by atoms with E-state index in [9.17, 15) is 4.79 Å². The molecule has 2 aromatic rings. The molecule has 0 saturated carbocycles. The molecule has 0 aliphatic heterocycles. The Morgan fingerprint density at radius 1 is 1.37 bits per heavy atom. The molecule has 5 heteroatoms. The number of nitrogens with zero attached hydrogens (tertiary/aromatic N) is 3. The molecule has 0 unspecified atom stereocenters. The molecule has 2 aromatic heterocycles. The Morgan fingerprint density at radius 2 is 2.05 bits per heavy atom. The Kier molecular flexibility index (Phi) is 3.55. The summed E-state index contributed by atoms with van der Waals surface area (Å²) in [5.41, 5.74) is 1.59. The van der Waals surface area contributed by atoms with E-state index in [4.69, 9.17) is 5.11 Å². The number of imidazole rings is 1. The van der Waals surface area contributed by atoms with Gasteiger partial charge in [-0.1, -0.05) is 13.8 Å². The summed E-state index contributed by atoms with van der Waals surface area (Å²) in [6.07, 6.45) is 2.25. The van der Waals surface area contributed by atoms with Crippen molar-refractivity contribution in [2.24, 2.45) is 5.92 Å². The molecule has 0 radical (unpaired) electrons. The minimum absolute atomic E-state index is 0.178. The zero-order chi connectivity index (χ0) is 14.2. The summed E-state index contributed by atoms with van der Waals surface area (Å²) in [4.78, 5) is 19.8. The normalized spacial score (nSPS) is 11.7. The first-order chi connectivity index (χ1) is 8.90. The summed E-state index contributed by atoms with van der Waals surface area (Å²) >= 11 is 0. The van der Waals surface area contributed by atoms with Crippen LogP contribution in [0, 0.1) is 5.92 Å². The Bertz CT molecular complexity index is 614. The molecule has 0 bridgehead atoms. The molecule has 0 amide bonds. The number of carboxylic acids is 1. The van der Waals surface area contributed by atoms with Crippen molar-refractivity contribution in [3.63, 3.8) is 0 Å². The summed E-state index contributed by atoms with van der Waals surface area (Å²) in [6, 6.07) is 1.84. The lowest BCUT2D eigenvalue weighted by Crippen LogP contribution is -2.09. The molecular weight excluding hydrogens is 242 g/mol. The number of rotatable bonds is 4. The van der Waals surface area contributed by atoms with Gasteiger partial charge in [-0.2, -0.15) is 0 Å². The van der Waals surface area contributed by atoms with Crippen LogP contribution in [0.25, 0.3) is 11.2 Å². The van der Waals surface area contributed by atoms with Gasteiger partial charge in [0.2, 0.25) is 0 Å². The molecule has 0 saturated heterocycles. The first-order valence-electron chi connectivity index (χ1n) is 6.50. The predicted molar refractivity (Wildman–Crippen MR) is 73.4 cm³/mol. The van der Waals surface area contributed by atoms with Crippen LogP contribution in [-0.2, 0) is 6.42 Å². The van der Waals surface area contributed by atoms with E-state index < -0.39 is 5.97 Å². The molecule has 0 atom stereocenters. The lowest BCUT2D eigenvalue weighted by molar-refractivity contribution is 0.0696. The molecule has 2 rings (SSSR count). The molecule has 5 nitrogen and oxygen atoms in total. The zero-order valence-corrected chi connectivity index (χ0v) is 11.7. The number of pyridine rings is 1. The van der Waals surface area contributed by atoms with E-state index in [-0.39, 0.29) is 11.6 Å². The first-order valence-corrected chi connectivity index (χ1v) is 6.50. The highest BCUT2D eigenvalue weighted by molar-refractivity contribution is 5.90. The van der Waals surface area contributed by atoms with Crippen molar-refractivity contribution in [2.75, 3.05) is 0 Å². The molecule has 0 aliphatic carbocycles. The average molecular weight is 261 g/mol. The Hall–Kier alpha value is -1.91. The van der Waals surface area contributed by atoms with Crippen molar-refractivity contribution < 1.29 is 9.90 Å². The van der Waals surface area contributed by atoms with E-state index in [0.29, 0.717) is 11.4 Å². The molecule has 0 spiro atoms. The van der Waals surface area contributed by atoms with Crippen LogP contribution in [0.4, 0.5) is 0 Å². The summed E-state index contributed by atoms with van der Waals surface area (Å²) in [5, 5.41) is 9.00. The monoisotopic (exact) mass is 261 g/mol. The topological polar surface area (TPSA) is 68.0 Å². The fraction of sp³-hybridized carbons (Fsp3) is 0.500. The van der Waals surface area contributed by atoms with E-state index in [1.54, 1.807) is 6.07 Å². The molecule has 0 aliphatic rings. The van der Waals surface area contributed by atoms with Gasteiger partial charge >= 0.3 is 5.97 Å². The molecule has 0 fully saturated rings. The van der Waals surface area contributed by atoms with Crippen LogP contribution in [0.2, 0.25) is 0 Å². The lowest BCUT2D eigenvalue weighted by Gasteiger charge is -2.13. The minimum atomic E-state index is -0.973. The highest BCUT2D eigenvalue weighted by Crippen LogP contribution is 2.22. The van der Waals surface area contributed by atoms with Gasteiger partial charge in [-0.15, -0.1) is 0 Å². The van der Waals surface area contributed by atoms with Gasteiger partial charge in [0, 0.05) is 18.7 Å². The number of aromatic nitrogens is 3. The van der Waals surface area contributed by atoms with Crippen molar-refractivity contribution >= 4 is 17.1 Å². The van der Waals surface area contributed by atoms with Crippen LogP contribution in [0.5, 0.6) is 0 Å². The standard InChI is InChI=1S/C14H19N3O2/c1-8(2)5-12-16-11-6-10(14(18)19)7-15-13(11)17(12)9(3)4/h6-9H,5H2,1-4H3,(H,18,19). The third-order valence-electron chi connectivity index (χ3n) is 2.96. The van der Waals surface area contributed by atoms with E-state index >= 15 is 0 Å². The van der Waals surface area contributed by atoms with Crippen LogP contribution in [0.3, 0.4) is 0 Å². The SMILES string of the molecule is CC(C)Cc1nc2cc(C(=O)O)cnc2n1C(C)C. The first kappa shape index (κ1) is 13.5. The molecule has 1 N–H and O–H groups in total. The van der Waals surface area contributed by atoms with Crippen molar-refractivity contribution in [1.29, 1.82) is 0 Å². The fourth-order valence-corrected chi connectivity index (χ4v) is 2.20. The molecular formula is C14H19N3O2. The van der Waals surface area contributed by atoms with Gasteiger partial charge in [0.1, 0.15) is 11.3 Å². The average Bonchev–Trinajstić information content (AvgIpc) is 2.64. The summed E-state index contributed by atoms with van der Waals surface area (Å²) < 4.78 is 2.08. The van der Waals surface area contributed by atoms with Crippen LogP contribution < -0.4 is 0 Å². The van der Waals surface area contributed by atoms with Crippen molar-refractivity contribution in [3.05, 3.63) is 23.7 Å². The number of carbonyl (C=O) groups is 1. The zero-order valence-electron chi connectivity index (χ0n) is 11.7. The van der Waals surface area contributed by atoms with Crippen molar-refractivity contribution in [2.45, 2.75) is 40.2 Å². The van der Waals surface area contributed by atoms with Crippen LogP contribution in [0.15, 0.2) is 12.3 Å². The van der Waals surface area contributed by atoms with Gasteiger partial charge in [-0.25, -0.2) is 14.8 Å². The second kappa shape index (κ2) is 4.99. The number of hydrogen-bond acceptors (Lipinski definition) is 3. The highest BCUT2D eigenvalue weighted by atomic mass is 16.4. The minimum Gasteiger partial charge on any atom is -0.478 e. The maximum absolute atomic E-state index is 11.0. The number of carboxylic acid groups (broad SMARTS) is 1. The number of fused-ring (bicyclic) bond motifs is 1. The summed E-state index contributed by atoms with van der Waals surface area (Å²) in [7, 11) is 0. The summed E-state index contributed by atoms with van der Waals surface area (Å²) in [5.74, 6) is 0.488. The van der Waals surface area contributed by atoms with Crippen LogP contribution >= 0.6 is 0 Å². The van der Waals surface area contributed by atoms with Gasteiger partial charge in [0.05, 0.1) is 5.56 Å².